The average Bonchev–Trinajstić information content (AvgIpc) is 2.62. The van der Waals surface area contributed by atoms with Crippen LogP contribution in [0.2, 0.25) is 0 Å². The predicted octanol–water partition coefficient (Wildman–Crippen LogP) is 0.846. The average molecular weight is 178 g/mol. The molecule has 1 saturated heterocycles. The van der Waals surface area contributed by atoms with Crippen LogP contribution in [0.1, 0.15) is 12.8 Å². The highest BCUT2D eigenvalue weighted by Crippen LogP contribution is 2.28. The first-order valence-electron chi connectivity index (χ1n) is 4.54. The van der Waals surface area contributed by atoms with Gasteiger partial charge in [0.25, 0.3) is 0 Å². The summed E-state index contributed by atoms with van der Waals surface area (Å²) in [5.41, 5.74) is 13.1. The fourth-order valence-corrected chi connectivity index (χ4v) is 1.71. The number of nitrogen functional groups attached to an aromatic ring is 2. The second-order valence-corrected chi connectivity index (χ2v) is 3.32. The molecule has 0 unspecified atom stereocenters. The van der Waals surface area contributed by atoms with Crippen molar-refractivity contribution < 1.29 is 0 Å². The van der Waals surface area contributed by atoms with E-state index in [1.807, 2.05) is 6.07 Å². The maximum Gasteiger partial charge on any atom is 0.148 e. The Hall–Kier alpha value is -1.45. The van der Waals surface area contributed by atoms with Crippen LogP contribution in [0, 0.1) is 0 Å². The highest BCUT2D eigenvalue weighted by Gasteiger charge is 2.15. The second kappa shape index (κ2) is 3.12. The van der Waals surface area contributed by atoms with E-state index < -0.39 is 0 Å². The minimum atomic E-state index is 0.435. The molecule has 1 aromatic rings. The van der Waals surface area contributed by atoms with Crippen LogP contribution in [0.3, 0.4) is 0 Å². The van der Waals surface area contributed by atoms with Crippen molar-refractivity contribution in [2.75, 3.05) is 29.5 Å². The van der Waals surface area contributed by atoms with Crippen molar-refractivity contribution in [3.05, 3.63) is 12.3 Å². The highest BCUT2D eigenvalue weighted by atomic mass is 15.2. The summed E-state index contributed by atoms with van der Waals surface area (Å²) >= 11 is 0. The third-order valence-corrected chi connectivity index (χ3v) is 2.44. The lowest BCUT2D eigenvalue weighted by Crippen LogP contribution is -2.19. The van der Waals surface area contributed by atoms with Crippen LogP contribution in [-0.2, 0) is 0 Å². The summed E-state index contributed by atoms with van der Waals surface area (Å²) in [5.74, 6) is 0.435. The van der Waals surface area contributed by atoms with Gasteiger partial charge in [-0.05, 0) is 18.9 Å². The van der Waals surface area contributed by atoms with Gasteiger partial charge in [0.15, 0.2) is 0 Å². The molecule has 0 amide bonds. The number of pyridine rings is 1. The fourth-order valence-electron chi connectivity index (χ4n) is 1.71. The van der Waals surface area contributed by atoms with E-state index in [9.17, 15) is 0 Å². The Labute approximate surface area is 77.5 Å². The third-order valence-electron chi connectivity index (χ3n) is 2.44. The lowest BCUT2D eigenvalue weighted by Gasteiger charge is -2.19. The molecule has 4 N–H and O–H groups in total. The number of hydrogen-bond acceptors (Lipinski definition) is 4. The zero-order valence-corrected chi connectivity index (χ0v) is 7.53. The minimum absolute atomic E-state index is 0.435. The molecule has 13 heavy (non-hydrogen) atoms. The highest BCUT2D eigenvalue weighted by molar-refractivity contribution is 5.76. The molecule has 0 aromatic carbocycles. The molecular weight excluding hydrogens is 164 g/mol. The zero-order valence-electron chi connectivity index (χ0n) is 7.53. The maximum absolute atomic E-state index is 5.83. The molecule has 0 bridgehead atoms. The van der Waals surface area contributed by atoms with Crippen molar-refractivity contribution in [3.63, 3.8) is 0 Å². The van der Waals surface area contributed by atoms with E-state index in [1.54, 1.807) is 6.20 Å². The van der Waals surface area contributed by atoms with Gasteiger partial charge in [0.1, 0.15) is 5.82 Å². The monoisotopic (exact) mass is 178 g/mol. The predicted molar refractivity (Wildman–Crippen MR) is 54.5 cm³/mol. The Morgan fingerprint density at radius 2 is 1.92 bits per heavy atom. The smallest absolute Gasteiger partial charge is 0.148 e. The number of rotatable bonds is 1. The first-order valence-corrected chi connectivity index (χ1v) is 4.54. The molecule has 1 fully saturated rings. The van der Waals surface area contributed by atoms with Crippen LogP contribution >= 0.6 is 0 Å². The first kappa shape index (κ1) is 8.16. The Morgan fingerprint density at radius 3 is 2.62 bits per heavy atom. The van der Waals surface area contributed by atoms with Crippen LogP contribution in [0.25, 0.3) is 0 Å². The molecule has 70 valence electrons. The van der Waals surface area contributed by atoms with Crippen LogP contribution < -0.4 is 16.4 Å². The molecular formula is C9H14N4. The van der Waals surface area contributed by atoms with Gasteiger partial charge in [-0.1, -0.05) is 0 Å². The summed E-state index contributed by atoms with van der Waals surface area (Å²) in [5, 5.41) is 0. The molecule has 0 radical (unpaired) electrons. The summed E-state index contributed by atoms with van der Waals surface area (Å²) < 4.78 is 0. The van der Waals surface area contributed by atoms with Crippen LogP contribution in [0.4, 0.5) is 17.2 Å². The van der Waals surface area contributed by atoms with Gasteiger partial charge in [-0.2, -0.15) is 0 Å². The molecule has 0 atom stereocenters. The van der Waals surface area contributed by atoms with E-state index in [-0.39, 0.29) is 0 Å². The van der Waals surface area contributed by atoms with Gasteiger partial charge < -0.3 is 16.4 Å². The lowest BCUT2D eigenvalue weighted by molar-refractivity contribution is 0.949. The van der Waals surface area contributed by atoms with Gasteiger partial charge in [-0.3, -0.25) is 0 Å². The quantitative estimate of drug-likeness (QED) is 0.669. The van der Waals surface area contributed by atoms with E-state index in [0.29, 0.717) is 11.5 Å². The van der Waals surface area contributed by atoms with E-state index in [1.165, 1.54) is 12.8 Å². The van der Waals surface area contributed by atoms with E-state index in [0.717, 1.165) is 18.8 Å². The second-order valence-electron chi connectivity index (χ2n) is 3.32. The molecule has 4 heteroatoms. The Balaban J connectivity index is 2.33. The van der Waals surface area contributed by atoms with Gasteiger partial charge in [-0.25, -0.2) is 4.98 Å². The van der Waals surface area contributed by atoms with Gasteiger partial charge in [0.2, 0.25) is 0 Å². The van der Waals surface area contributed by atoms with Gasteiger partial charge >= 0.3 is 0 Å². The summed E-state index contributed by atoms with van der Waals surface area (Å²) in [6.45, 7) is 2.15. The SMILES string of the molecule is Nc1nccc(N2CCCC2)c1N. The Morgan fingerprint density at radius 1 is 1.23 bits per heavy atom. The Kier molecular flexibility index (Phi) is 1.96. The number of nitrogens with zero attached hydrogens (tertiary/aromatic N) is 2. The molecule has 1 aliphatic heterocycles. The third kappa shape index (κ3) is 1.39. The molecule has 0 spiro atoms. The lowest BCUT2D eigenvalue weighted by atomic mass is 10.3. The van der Waals surface area contributed by atoms with Crippen LogP contribution in [0.15, 0.2) is 12.3 Å². The summed E-state index contributed by atoms with van der Waals surface area (Å²) in [4.78, 5) is 6.19. The topological polar surface area (TPSA) is 68.2 Å². The van der Waals surface area contributed by atoms with E-state index in [2.05, 4.69) is 9.88 Å². The van der Waals surface area contributed by atoms with Gasteiger partial charge in [-0.15, -0.1) is 0 Å². The molecule has 4 nitrogen and oxygen atoms in total. The molecule has 0 saturated carbocycles. The molecule has 2 heterocycles. The van der Waals surface area contributed by atoms with Crippen LogP contribution in [0.5, 0.6) is 0 Å². The van der Waals surface area contributed by atoms with E-state index in [4.69, 9.17) is 11.5 Å². The number of aromatic nitrogens is 1. The fraction of sp³-hybridized carbons (Fsp3) is 0.444. The molecule has 1 aromatic heterocycles. The van der Waals surface area contributed by atoms with Crippen LogP contribution in [-0.4, -0.2) is 18.1 Å². The minimum Gasteiger partial charge on any atom is -0.394 e. The van der Waals surface area contributed by atoms with Crippen molar-refractivity contribution in [1.29, 1.82) is 0 Å². The molecule has 0 aliphatic carbocycles. The normalized spacial score (nSPS) is 16.5. The largest absolute Gasteiger partial charge is 0.394 e. The summed E-state index contributed by atoms with van der Waals surface area (Å²) in [6, 6.07) is 1.93. The standard InChI is InChI=1S/C9H14N4/c10-8-7(3-4-12-9(8)11)13-5-1-2-6-13/h3-4H,1-2,5-6,10H2,(H2,11,12). The van der Waals surface area contributed by atoms with Crippen molar-refractivity contribution in [2.24, 2.45) is 0 Å². The van der Waals surface area contributed by atoms with Gasteiger partial charge in [0, 0.05) is 19.3 Å². The first-order chi connectivity index (χ1) is 6.29. The molecule has 1 aliphatic rings. The Bertz CT molecular complexity index is 304. The number of hydrogen-bond donors (Lipinski definition) is 2. The molecule has 2 rings (SSSR count). The van der Waals surface area contributed by atoms with Crippen molar-refractivity contribution in [3.8, 4) is 0 Å². The number of nitrogens with two attached hydrogens (primary N) is 2. The summed E-state index contributed by atoms with van der Waals surface area (Å²) in [7, 11) is 0. The van der Waals surface area contributed by atoms with Gasteiger partial charge in [0.05, 0.1) is 11.4 Å². The maximum atomic E-state index is 5.83. The van der Waals surface area contributed by atoms with E-state index >= 15 is 0 Å². The van der Waals surface area contributed by atoms with Crippen molar-refractivity contribution in [1.82, 2.24) is 4.98 Å². The number of anilines is 3. The zero-order chi connectivity index (χ0) is 9.26. The summed E-state index contributed by atoms with van der Waals surface area (Å²) in [6.07, 6.45) is 4.18. The van der Waals surface area contributed by atoms with Crippen molar-refractivity contribution in [2.45, 2.75) is 12.8 Å². The van der Waals surface area contributed by atoms with Crippen molar-refractivity contribution >= 4 is 17.2 Å².